The number of nitro groups is 1. The van der Waals surface area contributed by atoms with Crippen LogP contribution in [-0.4, -0.2) is 21.6 Å². The van der Waals surface area contributed by atoms with Gasteiger partial charge in [-0.1, -0.05) is 18.2 Å². The first-order valence-electron chi connectivity index (χ1n) is 8.22. The summed E-state index contributed by atoms with van der Waals surface area (Å²) in [6.07, 6.45) is 0.0989. The standard InChI is InChI=1S/C18H13F3N4O2S2/c19-13-5-4-10(15(20)16(13)21)6-7-22-17(28)24-18-23-14(9-29-18)11-2-1-3-12(8-11)25(26)27/h1-5,8-9H,6-7H2,(H2,22,23,24,28). The van der Waals surface area contributed by atoms with Gasteiger partial charge in [0, 0.05) is 29.6 Å². The number of thiocarbonyl (C=S) groups is 1. The molecule has 0 aliphatic carbocycles. The number of benzene rings is 2. The van der Waals surface area contributed by atoms with Crippen molar-refractivity contribution in [1.29, 1.82) is 0 Å². The maximum absolute atomic E-state index is 13.6. The first-order valence-corrected chi connectivity index (χ1v) is 9.51. The van der Waals surface area contributed by atoms with E-state index in [1.54, 1.807) is 17.5 Å². The van der Waals surface area contributed by atoms with Crippen LogP contribution in [0.2, 0.25) is 0 Å². The second-order valence-corrected chi connectivity index (χ2v) is 7.08. The lowest BCUT2D eigenvalue weighted by atomic mass is 10.1. The highest BCUT2D eigenvalue weighted by Gasteiger charge is 2.13. The molecule has 1 aromatic heterocycles. The van der Waals surface area contributed by atoms with Gasteiger partial charge in [0.2, 0.25) is 0 Å². The molecule has 6 nitrogen and oxygen atoms in total. The summed E-state index contributed by atoms with van der Waals surface area (Å²) in [5, 5.41) is 19.0. The quantitative estimate of drug-likeness (QED) is 0.252. The number of thiazole rings is 1. The zero-order valence-corrected chi connectivity index (χ0v) is 16.2. The molecule has 2 N–H and O–H groups in total. The van der Waals surface area contributed by atoms with Crippen molar-refractivity contribution < 1.29 is 18.1 Å². The van der Waals surface area contributed by atoms with Crippen LogP contribution in [-0.2, 0) is 6.42 Å². The number of nitro benzene ring substituents is 1. The number of halogens is 3. The zero-order valence-electron chi connectivity index (χ0n) is 14.6. The predicted octanol–water partition coefficient (Wildman–Crippen LogP) is 4.66. The molecule has 2 aromatic carbocycles. The maximum atomic E-state index is 13.6. The zero-order chi connectivity index (χ0) is 21.0. The topological polar surface area (TPSA) is 80.1 Å². The molecule has 150 valence electrons. The third-order valence-electron chi connectivity index (χ3n) is 3.87. The molecule has 0 saturated heterocycles. The highest BCUT2D eigenvalue weighted by Crippen LogP contribution is 2.27. The van der Waals surface area contributed by atoms with Crippen molar-refractivity contribution in [3.05, 3.63) is 74.9 Å². The molecule has 29 heavy (non-hydrogen) atoms. The number of anilines is 1. The summed E-state index contributed by atoms with van der Waals surface area (Å²) in [4.78, 5) is 14.7. The fourth-order valence-corrected chi connectivity index (χ4v) is 3.44. The Morgan fingerprint density at radius 3 is 2.76 bits per heavy atom. The molecule has 0 spiro atoms. The molecule has 0 atom stereocenters. The number of hydrogen-bond acceptors (Lipinski definition) is 5. The molecule has 0 bridgehead atoms. The molecule has 0 amide bonds. The Balaban J connectivity index is 1.56. The lowest BCUT2D eigenvalue weighted by molar-refractivity contribution is -0.384. The molecule has 11 heteroatoms. The molecule has 3 aromatic rings. The minimum absolute atomic E-state index is 0.0291. The van der Waals surface area contributed by atoms with Crippen LogP contribution in [0, 0.1) is 27.6 Å². The summed E-state index contributed by atoms with van der Waals surface area (Å²) in [6, 6.07) is 8.14. The number of rotatable bonds is 6. The molecule has 3 rings (SSSR count). The molecular weight excluding hydrogens is 425 g/mol. The Morgan fingerprint density at radius 2 is 2.00 bits per heavy atom. The average molecular weight is 438 g/mol. The Morgan fingerprint density at radius 1 is 1.21 bits per heavy atom. The van der Waals surface area contributed by atoms with Crippen molar-refractivity contribution in [2.24, 2.45) is 0 Å². The monoisotopic (exact) mass is 438 g/mol. The first kappa shape index (κ1) is 20.7. The number of nitrogens with zero attached hydrogens (tertiary/aromatic N) is 2. The van der Waals surface area contributed by atoms with Gasteiger partial charge in [0.15, 0.2) is 27.7 Å². The van der Waals surface area contributed by atoms with Crippen molar-refractivity contribution in [3.63, 3.8) is 0 Å². The van der Waals surface area contributed by atoms with Crippen LogP contribution >= 0.6 is 23.6 Å². The summed E-state index contributed by atoms with van der Waals surface area (Å²) < 4.78 is 39.8. The summed E-state index contributed by atoms with van der Waals surface area (Å²) in [5.41, 5.74) is 1.14. The largest absolute Gasteiger partial charge is 0.362 e. The predicted molar refractivity (Wildman–Crippen MR) is 108 cm³/mol. The van der Waals surface area contributed by atoms with Crippen LogP contribution < -0.4 is 10.6 Å². The summed E-state index contributed by atoms with van der Waals surface area (Å²) in [6.45, 7) is 0.191. The number of nitrogens with one attached hydrogen (secondary N) is 2. The van der Waals surface area contributed by atoms with Gasteiger partial charge in [0.05, 0.1) is 10.6 Å². The molecule has 0 fully saturated rings. The van der Waals surface area contributed by atoms with Gasteiger partial charge in [-0.25, -0.2) is 18.2 Å². The minimum atomic E-state index is -1.50. The van der Waals surface area contributed by atoms with E-state index in [1.807, 2.05) is 0 Å². The van der Waals surface area contributed by atoms with Crippen molar-refractivity contribution in [1.82, 2.24) is 10.3 Å². The van der Waals surface area contributed by atoms with Crippen LogP contribution in [0.3, 0.4) is 0 Å². The third-order valence-corrected chi connectivity index (χ3v) is 4.88. The van der Waals surface area contributed by atoms with E-state index in [4.69, 9.17) is 12.2 Å². The fourth-order valence-electron chi connectivity index (χ4n) is 2.45. The number of non-ortho nitro benzene ring substituents is 1. The highest BCUT2D eigenvalue weighted by atomic mass is 32.1. The highest BCUT2D eigenvalue weighted by molar-refractivity contribution is 7.80. The Labute approximate surface area is 172 Å². The molecule has 0 aliphatic heterocycles. The van der Waals surface area contributed by atoms with E-state index in [-0.39, 0.29) is 29.3 Å². The van der Waals surface area contributed by atoms with Crippen LogP contribution in [0.5, 0.6) is 0 Å². The van der Waals surface area contributed by atoms with Crippen molar-refractivity contribution >= 4 is 39.5 Å². The van der Waals surface area contributed by atoms with E-state index in [9.17, 15) is 23.3 Å². The third kappa shape index (κ3) is 5.06. The molecule has 1 heterocycles. The first-order chi connectivity index (χ1) is 13.8. The lowest BCUT2D eigenvalue weighted by Gasteiger charge is -2.09. The fraction of sp³-hybridized carbons (Fsp3) is 0.111. The van der Waals surface area contributed by atoms with Crippen LogP contribution in [0.4, 0.5) is 24.0 Å². The molecular formula is C18H13F3N4O2S2. The van der Waals surface area contributed by atoms with Gasteiger partial charge in [-0.05, 0) is 30.3 Å². The van der Waals surface area contributed by atoms with Crippen molar-refractivity contribution in [2.75, 3.05) is 11.9 Å². The SMILES string of the molecule is O=[N+]([O-])c1cccc(-c2csc(NC(=S)NCCc3ccc(F)c(F)c3F)n2)c1. The Hall–Kier alpha value is -3.05. The summed E-state index contributed by atoms with van der Waals surface area (Å²) in [7, 11) is 0. The van der Waals surface area contributed by atoms with E-state index in [0.717, 1.165) is 6.07 Å². The second kappa shape index (κ2) is 8.97. The van der Waals surface area contributed by atoms with Gasteiger partial charge in [-0.3, -0.25) is 10.1 Å². The number of aromatic nitrogens is 1. The summed E-state index contributed by atoms with van der Waals surface area (Å²) in [5.74, 6) is -3.95. The van der Waals surface area contributed by atoms with Gasteiger partial charge in [0.1, 0.15) is 0 Å². The number of hydrogen-bond donors (Lipinski definition) is 2. The lowest BCUT2D eigenvalue weighted by Crippen LogP contribution is -2.30. The van der Waals surface area contributed by atoms with Gasteiger partial charge in [0.25, 0.3) is 5.69 Å². The van der Waals surface area contributed by atoms with Gasteiger partial charge < -0.3 is 10.6 Å². The average Bonchev–Trinajstić information content (AvgIpc) is 3.16. The normalized spacial score (nSPS) is 10.6. The maximum Gasteiger partial charge on any atom is 0.270 e. The van der Waals surface area contributed by atoms with Crippen LogP contribution in [0.25, 0.3) is 11.3 Å². The van der Waals surface area contributed by atoms with Gasteiger partial charge in [-0.2, -0.15) is 0 Å². The Kier molecular flexibility index (Phi) is 6.39. The van der Waals surface area contributed by atoms with E-state index in [2.05, 4.69) is 15.6 Å². The molecule has 0 aliphatic rings. The molecule has 0 saturated carbocycles. The Bertz CT molecular complexity index is 1080. The minimum Gasteiger partial charge on any atom is -0.362 e. The van der Waals surface area contributed by atoms with Crippen molar-refractivity contribution in [3.8, 4) is 11.3 Å². The van der Waals surface area contributed by atoms with E-state index >= 15 is 0 Å². The van der Waals surface area contributed by atoms with E-state index in [0.29, 0.717) is 16.4 Å². The van der Waals surface area contributed by atoms with E-state index in [1.165, 1.54) is 29.5 Å². The smallest absolute Gasteiger partial charge is 0.270 e. The second-order valence-electron chi connectivity index (χ2n) is 5.81. The van der Waals surface area contributed by atoms with E-state index < -0.39 is 22.4 Å². The van der Waals surface area contributed by atoms with Gasteiger partial charge in [-0.15, -0.1) is 11.3 Å². The molecule has 0 radical (unpaired) electrons. The summed E-state index contributed by atoms with van der Waals surface area (Å²) >= 11 is 6.39. The van der Waals surface area contributed by atoms with Gasteiger partial charge >= 0.3 is 0 Å². The van der Waals surface area contributed by atoms with Crippen molar-refractivity contribution in [2.45, 2.75) is 6.42 Å². The van der Waals surface area contributed by atoms with Crippen LogP contribution in [0.15, 0.2) is 41.8 Å². The van der Waals surface area contributed by atoms with Crippen LogP contribution in [0.1, 0.15) is 5.56 Å². The molecule has 0 unspecified atom stereocenters.